The number of imidazole rings is 1. The monoisotopic (exact) mass is 324 g/mol. The van der Waals surface area contributed by atoms with Crippen LogP contribution in [0, 0.1) is 18.6 Å². The average molecular weight is 324 g/mol. The molecule has 0 bridgehead atoms. The van der Waals surface area contributed by atoms with E-state index >= 15 is 0 Å². The summed E-state index contributed by atoms with van der Waals surface area (Å²) in [6.45, 7) is 1.79. The van der Waals surface area contributed by atoms with Gasteiger partial charge in [0.15, 0.2) is 5.03 Å². The molecule has 3 rings (SSSR count). The molecule has 0 atom stereocenters. The smallest absolute Gasteiger partial charge is 0.281 e. The van der Waals surface area contributed by atoms with Crippen molar-refractivity contribution in [3.05, 3.63) is 54.0 Å². The first-order valence-electron chi connectivity index (χ1n) is 6.15. The maximum Gasteiger partial charge on any atom is 0.281 e. The predicted molar refractivity (Wildman–Crippen MR) is 74.9 cm³/mol. The number of hydrogen-bond donors (Lipinski definition) is 1. The van der Waals surface area contributed by atoms with Crippen molar-refractivity contribution < 1.29 is 17.2 Å². The van der Waals surface area contributed by atoms with Crippen molar-refractivity contribution in [2.45, 2.75) is 11.9 Å². The van der Waals surface area contributed by atoms with Crippen molar-refractivity contribution in [3.8, 4) is 0 Å². The van der Waals surface area contributed by atoms with E-state index in [0.717, 1.165) is 23.8 Å². The minimum atomic E-state index is -4.23. The molecule has 0 saturated heterocycles. The fourth-order valence-electron chi connectivity index (χ4n) is 1.88. The molecule has 22 heavy (non-hydrogen) atoms. The van der Waals surface area contributed by atoms with Gasteiger partial charge in [-0.2, -0.15) is 13.4 Å². The van der Waals surface area contributed by atoms with E-state index in [1.165, 1.54) is 16.8 Å². The molecule has 2 heterocycles. The molecule has 0 saturated carbocycles. The molecule has 0 aliphatic rings. The van der Waals surface area contributed by atoms with Gasteiger partial charge in [0.25, 0.3) is 10.0 Å². The van der Waals surface area contributed by atoms with Gasteiger partial charge in [0.05, 0.1) is 6.20 Å². The van der Waals surface area contributed by atoms with Gasteiger partial charge in [-0.1, -0.05) is 6.07 Å². The number of nitrogens with one attached hydrogen (secondary N) is 1. The van der Waals surface area contributed by atoms with Crippen LogP contribution in [0.25, 0.3) is 5.78 Å². The Hall–Kier alpha value is -2.55. The van der Waals surface area contributed by atoms with E-state index in [1.807, 2.05) is 4.72 Å². The Labute approximate surface area is 124 Å². The van der Waals surface area contributed by atoms with E-state index in [1.54, 1.807) is 13.1 Å². The zero-order valence-corrected chi connectivity index (χ0v) is 12.1. The molecule has 6 nitrogen and oxygen atoms in total. The van der Waals surface area contributed by atoms with Crippen LogP contribution >= 0.6 is 0 Å². The number of anilines is 1. The Morgan fingerprint density at radius 1 is 1.18 bits per heavy atom. The van der Waals surface area contributed by atoms with Gasteiger partial charge in [-0.3, -0.25) is 9.12 Å². The van der Waals surface area contributed by atoms with Crippen LogP contribution in [-0.4, -0.2) is 22.8 Å². The zero-order valence-electron chi connectivity index (χ0n) is 11.3. The topological polar surface area (TPSA) is 76.4 Å². The van der Waals surface area contributed by atoms with Crippen LogP contribution in [0.15, 0.2) is 41.8 Å². The lowest BCUT2D eigenvalue weighted by Gasteiger charge is -2.07. The number of halogens is 2. The molecule has 9 heteroatoms. The quantitative estimate of drug-likeness (QED) is 0.800. The van der Waals surface area contributed by atoms with Crippen molar-refractivity contribution in [2.75, 3.05) is 4.72 Å². The predicted octanol–water partition coefficient (Wildman–Crippen LogP) is 2.12. The molecular weight excluding hydrogens is 314 g/mol. The lowest BCUT2D eigenvalue weighted by Crippen LogP contribution is -2.15. The van der Waals surface area contributed by atoms with Gasteiger partial charge >= 0.3 is 0 Å². The molecule has 0 unspecified atom stereocenters. The summed E-state index contributed by atoms with van der Waals surface area (Å²) in [6, 6.07) is 3.05. The van der Waals surface area contributed by atoms with E-state index < -0.39 is 27.3 Å². The van der Waals surface area contributed by atoms with E-state index in [0.29, 0.717) is 0 Å². The third kappa shape index (κ3) is 2.50. The molecule has 0 fully saturated rings. The van der Waals surface area contributed by atoms with Crippen LogP contribution < -0.4 is 4.72 Å². The molecule has 0 aliphatic heterocycles. The van der Waals surface area contributed by atoms with Crippen LogP contribution in [0.5, 0.6) is 0 Å². The van der Waals surface area contributed by atoms with Gasteiger partial charge in [0.1, 0.15) is 17.3 Å². The average Bonchev–Trinajstić information content (AvgIpc) is 2.87. The Balaban J connectivity index is 2.05. The van der Waals surface area contributed by atoms with E-state index in [2.05, 4.69) is 9.97 Å². The fraction of sp³-hybridized carbons (Fsp3) is 0.0769. The number of nitrogens with zero attached hydrogens (tertiary/aromatic N) is 3. The van der Waals surface area contributed by atoms with Crippen molar-refractivity contribution in [1.29, 1.82) is 0 Å². The molecule has 0 spiro atoms. The first-order chi connectivity index (χ1) is 10.4. The highest BCUT2D eigenvalue weighted by molar-refractivity contribution is 7.92. The number of benzene rings is 1. The number of para-hydroxylation sites is 1. The molecule has 3 aromatic rings. The Morgan fingerprint density at radius 2 is 1.86 bits per heavy atom. The maximum atomic E-state index is 13.5. The number of aromatic nitrogens is 3. The molecule has 2 aromatic heterocycles. The van der Waals surface area contributed by atoms with Crippen LogP contribution in [0.1, 0.15) is 5.56 Å². The first-order valence-corrected chi connectivity index (χ1v) is 7.63. The first kappa shape index (κ1) is 14.4. The van der Waals surface area contributed by atoms with Crippen molar-refractivity contribution >= 4 is 21.5 Å². The Morgan fingerprint density at radius 3 is 2.55 bits per heavy atom. The third-order valence-corrected chi connectivity index (χ3v) is 4.11. The largest absolute Gasteiger partial charge is 0.289 e. The van der Waals surface area contributed by atoms with Crippen LogP contribution in [0.3, 0.4) is 0 Å². The molecule has 1 aromatic carbocycles. The normalized spacial score (nSPS) is 11.8. The van der Waals surface area contributed by atoms with Crippen LogP contribution in [0.2, 0.25) is 0 Å². The van der Waals surface area contributed by atoms with Gasteiger partial charge in [0, 0.05) is 12.4 Å². The number of fused-ring (bicyclic) bond motifs is 1. The summed E-state index contributed by atoms with van der Waals surface area (Å²) in [4.78, 5) is 7.81. The molecule has 0 radical (unpaired) electrons. The highest BCUT2D eigenvalue weighted by atomic mass is 32.2. The van der Waals surface area contributed by atoms with E-state index in [-0.39, 0.29) is 10.8 Å². The van der Waals surface area contributed by atoms with Crippen LogP contribution in [0.4, 0.5) is 14.5 Å². The molecule has 114 valence electrons. The number of sulfonamides is 1. The summed E-state index contributed by atoms with van der Waals surface area (Å²) in [5, 5.41) is -0.381. The van der Waals surface area contributed by atoms with Crippen LogP contribution in [-0.2, 0) is 10.0 Å². The molecular formula is C13H10F2N4O2S. The zero-order chi connectivity index (χ0) is 15.9. The second kappa shape index (κ2) is 5.02. The number of hydrogen-bond acceptors (Lipinski definition) is 4. The van der Waals surface area contributed by atoms with Gasteiger partial charge in [-0.15, -0.1) is 0 Å². The fourth-order valence-corrected chi connectivity index (χ4v) is 2.90. The second-order valence-corrected chi connectivity index (χ2v) is 6.25. The summed E-state index contributed by atoms with van der Waals surface area (Å²) < 4.78 is 54.8. The standard InChI is InChI=1S/C13H10F2N4O2S/c1-8-5-16-13-17-11(7-19(13)6-8)22(20,21)18-12-9(14)3-2-4-10(12)15/h2-7,18H,1H3. The van der Waals surface area contributed by atoms with E-state index in [4.69, 9.17) is 0 Å². The molecule has 1 N–H and O–H groups in total. The summed E-state index contributed by atoms with van der Waals surface area (Å²) >= 11 is 0. The Bertz CT molecular complexity index is 949. The lowest BCUT2D eigenvalue weighted by atomic mass is 10.3. The SMILES string of the molecule is Cc1cnc2nc(S(=O)(=O)Nc3c(F)cccc3F)cn2c1. The lowest BCUT2D eigenvalue weighted by molar-refractivity contribution is 0.582. The van der Waals surface area contributed by atoms with Crippen molar-refractivity contribution in [1.82, 2.24) is 14.4 Å². The van der Waals surface area contributed by atoms with Crippen molar-refractivity contribution in [3.63, 3.8) is 0 Å². The van der Waals surface area contributed by atoms with E-state index in [9.17, 15) is 17.2 Å². The minimum Gasteiger partial charge on any atom is -0.289 e. The Kier molecular flexibility index (Phi) is 3.28. The van der Waals surface area contributed by atoms with Gasteiger partial charge in [-0.25, -0.2) is 13.8 Å². The minimum absolute atomic E-state index is 0.167. The maximum absolute atomic E-state index is 13.5. The summed E-state index contributed by atoms with van der Waals surface area (Å²) in [7, 11) is -4.23. The summed E-state index contributed by atoms with van der Waals surface area (Å²) in [5.74, 6) is -1.86. The van der Waals surface area contributed by atoms with Crippen molar-refractivity contribution in [2.24, 2.45) is 0 Å². The molecule has 0 amide bonds. The third-order valence-electron chi connectivity index (χ3n) is 2.89. The molecule has 0 aliphatic carbocycles. The van der Waals surface area contributed by atoms with Gasteiger partial charge in [-0.05, 0) is 24.6 Å². The highest BCUT2D eigenvalue weighted by Crippen LogP contribution is 2.22. The highest BCUT2D eigenvalue weighted by Gasteiger charge is 2.22. The number of rotatable bonds is 3. The summed E-state index contributed by atoms with van der Waals surface area (Å²) in [5.41, 5.74) is 0.0608. The second-order valence-electron chi connectivity index (χ2n) is 4.62. The summed E-state index contributed by atoms with van der Waals surface area (Å²) in [6.07, 6.45) is 4.39. The van der Waals surface area contributed by atoms with Gasteiger partial charge < -0.3 is 0 Å². The number of aryl methyl sites for hydroxylation is 1. The van der Waals surface area contributed by atoms with Gasteiger partial charge in [0.2, 0.25) is 5.78 Å².